The maximum atomic E-state index is 13.0. The molecule has 1 aliphatic carbocycles. The van der Waals surface area contributed by atoms with E-state index in [1.807, 2.05) is 6.07 Å². The Morgan fingerprint density at radius 3 is 2.55 bits per heavy atom. The van der Waals surface area contributed by atoms with E-state index in [2.05, 4.69) is 4.98 Å². The van der Waals surface area contributed by atoms with Crippen LogP contribution in [0.2, 0.25) is 10.0 Å². The maximum absolute atomic E-state index is 13.0. The Balaban J connectivity index is 2.01. The van der Waals surface area contributed by atoms with Crippen molar-refractivity contribution in [2.24, 2.45) is 0 Å². The minimum atomic E-state index is -0.548. The molecule has 22 heavy (non-hydrogen) atoms. The Morgan fingerprint density at radius 1 is 1.18 bits per heavy atom. The van der Waals surface area contributed by atoms with E-state index < -0.39 is 5.41 Å². The number of rotatable bonds is 4. The highest BCUT2D eigenvalue weighted by Gasteiger charge is 2.46. The number of aromatic nitrogens is 1. The van der Waals surface area contributed by atoms with Crippen molar-refractivity contribution in [3.05, 3.63) is 57.8 Å². The van der Waals surface area contributed by atoms with Crippen LogP contribution in [0, 0.1) is 0 Å². The molecule has 0 spiro atoms. The molecule has 0 bridgehead atoms. The summed E-state index contributed by atoms with van der Waals surface area (Å²) in [5.41, 5.74) is 0.779. The van der Waals surface area contributed by atoms with Gasteiger partial charge in [0, 0.05) is 12.3 Å². The summed E-state index contributed by atoms with van der Waals surface area (Å²) in [5.74, 6) is 0.637. The molecule has 3 nitrogen and oxygen atoms in total. The minimum Gasteiger partial charge on any atom is -0.497 e. The lowest BCUT2D eigenvalue weighted by atomic mass is 9.61. The highest BCUT2D eigenvalue weighted by atomic mass is 35.5. The van der Waals surface area contributed by atoms with E-state index in [4.69, 9.17) is 27.9 Å². The summed E-state index contributed by atoms with van der Waals surface area (Å²) in [5, 5.41) is 0.962. The van der Waals surface area contributed by atoms with Gasteiger partial charge in [0.15, 0.2) is 5.78 Å². The molecule has 0 N–H and O–H groups in total. The van der Waals surface area contributed by atoms with E-state index in [9.17, 15) is 4.79 Å². The maximum Gasteiger partial charge on any atom is 0.191 e. The number of ketones is 1. The molecule has 0 saturated heterocycles. The molecule has 1 fully saturated rings. The van der Waals surface area contributed by atoms with E-state index in [0.29, 0.717) is 21.5 Å². The zero-order valence-corrected chi connectivity index (χ0v) is 13.6. The second kappa shape index (κ2) is 5.90. The van der Waals surface area contributed by atoms with Crippen molar-refractivity contribution in [3.8, 4) is 5.75 Å². The summed E-state index contributed by atoms with van der Waals surface area (Å²) < 4.78 is 5.18. The van der Waals surface area contributed by atoms with Gasteiger partial charge >= 0.3 is 0 Å². The predicted octanol–water partition coefficient (Wildman–Crippen LogP) is 4.70. The normalized spacial score (nSPS) is 16.0. The molecule has 1 heterocycles. The molecule has 1 saturated carbocycles. The number of pyridine rings is 1. The van der Waals surface area contributed by atoms with Crippen molar-refractivity contribution in [1.29, 1.82) is 0 Å². The number of Topliss-reactive ketones (excluding diaryl/α,β-unsaturated/α-hetero) is 1. The van der Waals surface area contributed by atoms with Crippen molar-refractivity contribution in [2.75, 3.05) is 7.11 Å². The Labute approximate surface area is 139 Å². The average molecular weight is 336 g/mol. The summed E-state index contributed by atoms with van der Waals surface area (Å²) in [7, 11) is 1.57. The van der Waals surface area contributed by atoms with Crippen LogP contribution in [0.1, 0.15) is 35.3 Å². The molecule has 0 aliphatic heterocycles. The number of hydrogen-bond donors (Lipinski definition) is 0. The molecule has 114 valence electrons. The fraction of sp³-hybridized carbons (Fsp3) is 0.294. The molecule has 1 aliphatic rings. The molecule has 0 amide bonds. The molecule has 1 aromatic carbocycles. The van der Waals surface area contributed by atoms with Gasteiger partial charge in [0.05, 0.1) is 22.6 Å². The molecule has 2 aromatic rings. The zero-order chi connectivity index (χ0) is 15.7. The minimum absolute atomic E-state index is 0.0102. The van der Waals surface area contributed by atoms with Gasteiger partial charge < -0.3 is 4.74 Å². The molecule has 3 rings (SSSR count). The topological polar surface area (TPSA) is 39.2 Å². The number of halogens is 2. The van der Waals surface area contributed by atoms with Crippen LogP contribution in [-0.4, -0.2) is 17.9 Å². The molecular formula is C17H15Cl2NO2. The van der Waals surface area contributed by atoms with Crippen LogP contribution in [0.15, 0.2) is 36.5 Å². The van der Waals surface area contributed by atoms with Gasteiger partial charge in [-0.1, -0.05) is 35.7 Å². The highest BCUT2D eigenvalue weighted by Crippen LogP contribution is 2.47. The van der Waals surface area contributed by atoms with Crippen molar-refractivity contribution in [1.82, 2.24) is 4.98 Å². The number of carbonyl (C=O) groups is 1. The lowest BCUT2D eigenvalue weighted by Gasteiger charge is -2.40. The summed E-state index contributed by atoms with van der Waals surface area (Å²) >= 11 is 12.1. The van der Waals surface area contributed by atoms with Crippen molar-refractivity contribution >= 4 is 29.0 Å². The van der Waals surface area contributed by atoms with Crippen LogP contribution >= 0.6 is 23.2 Å². The number of hydrogen-bond acceptors (Lipinski definition) is 3. The monoisotopic (exact) mass is 335 g/mol. The predicted molar refractivity (Wildman–Crippen MR) is 87.1 cm³/mol. The molecule has 1 aromatic heterocycles. The van der Waals surface area contributed by atoms with Crippen LogP contribution in [0.3, 0.4) is 0 Å². The van der Waals surface area contributed by atoms with E-state index in [1.165, 1.54) is 0 Å². The standard InChI is InChI=1S/C17H15Cl2NO2/c1-22-12-5-8-20-15(10-12)16(21)17(6-2-7-17)11-3-4-13(18)14(19)9-11/h3-5,8-10H,2,6-7H2,1H3. The van der Waals surface area contributed by atoms with Crippen molar-refractivity contribution in [2.45, 2.75) is 24.7 Å². The SMILES string of the molecule is COc1ccnc(C(=O)C2(c3ccc(Cl)c(Cl)c3)CCC2)c1. The van der Waals surface area contributed by atoms with E-state index >= 15 is 0 Å². The summed E-state index contributed by atoms with van der Waals surface area (Å²) in [6.07, 6.45) is 4.19. The van der Waals surface area contributed by atoms with Gasteiger partial charge in [-0.25, -0.2) is 0 Å². The lowest BCUT2D eigenvalue weighted by molar-refractivity contribution is 0.0783. The lowest BCUT2D eigenvalue weighted by Crippen LogP contribution is -2.42. The quantitative estimate of drug-likeness (QED) is 0.760. The first-order valence-electron chi connectivity index (χ1n) is 7.07. The Morgan fingerprint density at radius 2 is 1.95 bits per heavy atom. The zero-order valence-electron chi connectivity index (χ0n) is 12.1. The number of methoxy groups -OCH3 is 1. The third-order valence-electron chi connectivity index (χ3n) is 4.31. The highest BCUT2D eigenvalue weighted by molar-refractivity contribution is 6.42. The summed E-state index contributed by atoms with van der Waals surface area (Å²) in [6.45, 7) is 0. The van der Waals surface area contributed by atoms with Crippen LogP contribution in [0.25, 0.3) is 0 Å². The number of nitrogens with zero attached hydrogens (tertiary/aromatic N) is 1. The Hall–Kier alpha value is -1.58. The van der Waals surface area contributed by atoms with Crippen LogP contribution in [-0.2, 0) is 5.41 Å². The summed E-state index contributed by atoms with van der Waals surface area (Å²) in [6, 6.07) is 8.82. The third-order valence-corrected chi connectivity index (χ3v) is 5.05. The van der Waals surface area contributed by atoms with Gasteiger partial charge in [-0.15, -0.1) is 0 Å². The van der Waals surface area contributed by atoms with Crippen LogP contribution in [0.4, 0.5) is 0 Å². The van der Waals surface area contributed by atoms with Crippen LogP contribution in [0.5, 0.6) is 5.75 Å². The van der Waals surface area contributed by atoms with Crippen molar-refractivity contribution < 1.29 is 9.53 Å². The molecule has 5 heteroatoms. The molecule has 0 atom stereocenters. The van der Waals surface area contributed by atoms with Gasteiger partial charge in [0.25, 0.3) is 0 Å². The van der Waals surface area contributed by atoms with Crippen LogP contribution < -0.4 is 4.74 Å². The largest absolute Gasteiger partial charge is 0.497 e. The first-order valence-corrected chi connectivity index (χ1v) is 7.83. The smallest absolute Gasteiger partial charge is 0.191 e. The van der Waals surface area contributed by atoms with E-state index in [0.717, 1.165) is 24.8 Å². The third kappa shape index (κ3) is 2.49. The fourth-order valence-corrected chi connectivity index (χ4v) is 3.18. The van der Waals surface area contributed by atoms with Gasteiger partial charge in [-0.2, -0.15) is 0 Å². The fourth-order valence-electron chi connectivity index (χ4n) is 2.88. The van der Waals surface area contributed by atoms with Gasteiger partial charge in [0.2, 0.25) is 0 Å². The van der Waals surface area contributed by atoms with Crippen molar-refractivity contribution in [3.63, 3.8) is 0 Å². The Kier molecular flexibility index (Phi) is 4.11. The molecular weight excluding hydrogens is 321 g/mol. The number of carbonyl (C=O) groups excluding carboxylic acids is 1. The van der Waals surface area contributed by atoms with E-state index in [-0.39, 0.29) is 5.78 Å². The Bertz CT molecular complexity index is 726. The average Bonchev–Trinajstić information content (AvgIpc) is 2.49. The molecule has 0 unspecified atom stereocenters. The van der Waals surface area contributed by atoms with E-state index in [1.54, 1.807) is 37.6 Å². The molecule has 0 radical (unpaired) electrons. The number of benzene rings is 1. The first kappa shape index (κ1) is 15.3. The number of ether oxygens (including phenoxy) is 1. The van der Waals surface area contributed by atoms with Gasteiger partial charge in [0.1, 0.15) is 11.4 Å². The second-order valence-corrected chi connectivity index (χ2v) is 6.29. The second-order valence-electron chi connectivity index (χ2n) is 5.47. The first-order chi connectivity index (χ1) is 10.6. The summed E-state index contributed by atoms with van der Waals surface area (Å²) in [4.78, 5) is 17.2. The van der Waals surface area contributed by atoms with Gasteiger partial charge in [-0.05, 0) is 36.6 Å². The van der Waals surface area contributed by atoms with Gasteiger partial charge in [-0.3, -0.25) is 9.78 Å².